The highest BCUT2D eigenvalue weighted by atomic mass is 16.2. The van der Waals surface area contributed by atoms with Gasteiger partial charge >= 0.3 is 0 Å². The molecule has 6 amide bonds. The van der Waals surface area contributed by atoms with Crippen LogP contribution in [0.1, 0.15) is 54.9 Å². The molecular weight excluding hydrogens is 576 g/mol. The van der Waals surface area contributed by atoms with E-state index < -0.39 is 0 Å². The Hall–Kier alpha value is -4.22. The number of nitrogens with one attached hydrogen (secondary N) is 2. The van der Waals surface area contributed by atoms with Crippen molar-refractivity contribution in [3.05, 3.63) is 48.6 Å². The standard InChI is InChI=1S/C33H54N6O6/c1-12-28(40)36(17-19-37(31(43)25(6)7)15-13-34-29(41)23(2)3)18-20-39(33(45)27(10)11)22-21-38(32(44)26(8)9)16-14-35-30(42)24(4)5/h24H,2,6,8,10,12-22H2,1,3-5,7,9,11H3,(H,34,41)(H,35,42). The SMILES string of the molecule is C=C(C)C(=O)NCCN(CCN(CCN(CCN(CCNC(=O)C(C)C)C(=O)C(=C)C)C(=O)C(=C)C)C(=O)CC)C(=O)C(=C)C. The lowest BCUT2D eigenvalue weighted by Gasteiger charge is -2.32. The van der Waals surface area contributed by atoms with Gasteiger partial charge in [-0.3, -0.25) is 28.8 Å². The van der Waals surface area contributed by atoms with Crippen LogP contribution in [-0.2, 0) is 28.8 Å². The summed E-state index contributed by atoms with van der Waals surface area (Å²) in [6.07, 6.45) is 0.223. The summed E-state index contributed by atoms with van der Waals surface area (Å²) >= 11 is 0. The Bertz CT molecular complexity index is 1140. The smallest absolute Gasteiger partial charge is 0.249 e. The molecule has 0 fully saturated rings. The van der Waals surface area contributed by atoms with Gasteiger partial charge in [-0.2, -0.15) is 0 Å². The third-order valence-corrected chi connectivity index (χ3v) is 6.79. The molecule has 0 aliphatic carbocycles. The molecule has 2 N–H and O–H groups in total. The summed E-state index contributed by atoms with van der Waals surface area (Å²) in [6.45, 7) is 28.5. The van der Waals surface area contributed by atoms with Gasteiger partial charge in [0.1, 0.15) is 0 Å². The van der Waals surface area contributed by atoms with Crippen molar-refractivity contribution in [3.8, 4) is 0 Å². The Balaban J connectivity index is 5.69. The van der Waals surface area contributed by atoms with E-state index in [0.29, 0.717) is 22.3 Å². The lowest BCUT2D eigenvalue weighted by Crippen LogP contribution is -2.48. The Morgan fingerprint density at radius 2 is 0.867 bits per heavy atom. The molecule has 0 bridgehead atoms. The van der Waals surface area contributed by atoms with E-state index in [0.717, 1.165) is 0 Å². The van der Waals surface area contributed by atoms with Crippen molar-refractivity contribution in [1.82, 2.24) is 30.2 Å². The van der Waals surface area contributed by atoms with Crippen molar-refractivity contribution in [2.45, 2.75) is 54.9 Å². The molecule has 0 heterocycles. The van der Waals surface area contributed by atoms with Crippen LogP contribution in [0.4, 0.5) is 0 Å². The largest absolute Gasteiger partial charge is 0.354 e. The predicted octanol–water partition coefficient (Wildman–Crippen LogP) is 1.90. The van der Waals surface area contributed by atoms with E-state index in [4.69, 9.17) is 0 Å². The van der Waals surface area contributed by atoms with E-state index in [9.17, 15) is 28.8 Å². The Kier molecular flexibility index (Phi) is 18.7. The molecule has 45 heavy (non-hydrogen) atoms. The van der Waals surface area contributed by atoms with Crippen LogP contribution in [0, 0.1) is 5.92 Å². The molecule has 0 saturated carbocycles. The van der Waals surface area contributed by atoms with Crippen LogP contribution in [-0.4, -0.2) is 120 Å². The monoisotopic (exact) mass is 630 g/mol. The van der Waals surface area contributed by atoms with E-state index >= 15 is 0 Å². The fourth-order valence-electron chi connectivity index (χ4n) is 4.04. The number of hydrogen-bond acceptors (Lipinski definition) is 6. The maximum atomic E-state index is 13.1. The van der Waals surface area contributed by atoms with Crippen LogP contribution >= 0.6 is 0 Å². The molecule has 0 aliphatic heterocycles. The van der Waals surface area contributed by atoms with E-state index in [1.807, 2.05) is 0 Å². The van der Waals surface area contributed by atoms with Gasteiger partial charge in [0.2, 0.25) is 35.4 Å². The lowest BCUT2D eigenvalue weighted by molar-refractivity contribution is -0.135. The number of nitrogens with zero attached hydrogens (tertiary/aromatic N) is 4. The molecule has 0 radical (unpaired) electrons. The van der Waals surface area contributed by atoms with Crippen LogP contribution in [0.2, 0.25) is 0 Å². The van der Waals surface area contributed by atoms with E-state index in [-0.39, 0.29) is 113 Å². The zero-order valence-electron chi connectivity index (χ0n) is 28.4. The van der Waals surface area contributed by atoms with Crippen LogP contribution < -0.4 is 10.6 Å². The molecule has 252 valence electrons. The second kappa shape index (κ2) is 20.7. The molecule has 0 aromatic rings. The number of carbonyl (C=O) groups excluding carboxylic acids is 6. The van der Waals surface area contributed by atoms with Crippen LogP contribution in [0.5, 0.6) is 0 Å². The van der Waals surface area contributed by atoms with E-state index in [1.165, 1.54) is 14.7 Å². The van der Waals surface area contributed by atoms with Gasteiger partial charge in [0.25, 0.3) is 0 Å². The zero-order valence-corrected chi connectivity index (χ0v) is 28.4. The lowest BCUT2D eigenvalue weighted by atomic mass is 10.2. The molecule has 12 nitrogen and oxygen atoms in total. The third-order valence-electron chi connectivity index (χ3n) is 6.79. The van der Waals surface area contributed by atoms with Crippen LogP contribution in [0.25, 0.3) is 0 Å². The molecule has 0 rings (SSSR count). The predicted molar refractivity (Wildman–Crippen MR) is 177 cm³/mol. The third kappa shape index (κ3) is 15.4. The summed E-state index contributed by atoms with van der Waals surface area (Å²) in [4.78, 5) is 81.6. The van der Waals surface area contributed by atoms with Gasteiger partial charge in [-0.25, -0.2) is 0 Å². The first-order valence-electron chi connectivity index (χ1n) is 15.3. The van der Waals surface area contributed by atoms with Crippen LogP contribution in [0.3, 0.4) is 0 Å². The summed E-state index contributed by atoms with van der Waals surface area (Å²) in [5.74, 6) is -1.70. The van der Waals surface area contributed by atoms with Gasteiger partial charge in [0, 0.05) is 100 Å². The molecule has 12 heteroatoms. The first-order chi connectivity index (χ1) is 20.9. The minimum atomic E-state index is -0.318. The van der Waals surface area contributed by atoms with Crippen molar-refractivity contribution in [1.29, 1.82) is 0 Å². The van der Waals surface area contributed by atoms with E-state index in [2.05, 4.69) is 36.9 Å². The Labute approximate surface area is 269 Å². The number of rotatable bonds is 21. The van der Waals surface area contributed by atoms with Gasteiger partial charge < -0.3 is 30.2 Å². The number of amides is 6. The molecular formula is C33H54N6O6. The molecule has 0 atom stereocenters. The Morgan fingerprint density at radius 3 is 1.18 bits per heavy atom. The van der Waals surface area contributed by atoms with Crippen molar-refractivity contribution in [3.63, 3.8) is 0 Å². The average molecular weight is 631 g/mol. The van der Waals surface area contributed by atoms with Crippen LogP contribution in [0.15, 0.2) is 48.6 Å². The quantitative estimate of drug-likeness (QED) is 0.186. The zero-order chi connectivity index (χ0) is 34.9. The molecule has 0 aromatic heterocycles. The maximum Gasteiger partial charge on any atom is 0.249 e. The molecule has 0 aromatic carbocycles. The molecule has 0 unspecified atom stereocenters. The van der Waals surface area contributed by atoms with Crippen molar-refractivity contribution >= 4 is 35.4 Å². The first kappa shape index (κ1) is 40.8. The maximum absolute atomic E-state index is 13.1. The second-order valence-corrected chi connectivity index (χ2v) is 11.4. The topological polar surface area (TPSA) is 139 Å². The van der Waals surface area contributed by atoms with Gasteiger partial charge in [0.15, 0.2) is 0 Å². The summed E-state index contributed by atoms with van der Waals surface area (Å²) in [6, 6.07) is 0. The normalized spacial score (nSPS) is 10.4. The van der Waals surface area contributed by atoms with Gasteiger partial charge in [0.05, 0.1) is 0 Å². The minimum absolute atomic E-state index is 0.127. The molecule has 0 aliphatic rings. The summed E-state index contributed by atoms with van der Waals surface area (Å²) < 4.78 is 0. The average Bonchev–Trinajstić information content (AvgIpc) is 2.98. The molecule has 0 saturated heterocycles. The van der Waals surface area contributed by atoms with Crippen molar-refractivity contribution in [2.75, 3.05) is 65.4 Å². The van der Waals surface area contributed by atoms with Gasteiger partial charge in [-0.15, -0.1) is 0 Å². The number of carbonyl (C=O) groups is 6. The highest BCUT2D eigenvalue weighted by Gasteiger charge is 2.23. The fourth-order valence-corrected chi connectivity index (χ4v) is 4.04. The van der Waals surface area contributed by atoms with Crippen molar-refractivity contribution < 1.29 is 28.8 Å². The van der Waals surface area contributed by atoms with E-state index in [1.54, 1.807) is 53.4 Å². The van der Waals surface area contributed by atoms with Crippen molar-refractivity contribution in [2.24, 2.45) is 5.92 Å². The van der Waals surface area contributed by atoms with Gasteiger partial charge in [-0.1, -0.05) is 47.1 Å². The summed E-state index contributed by atoms with van der Waals surface area (Å²) in [5.41, 5.74) is 1.31. The Morgan fingerprint density at radius 1 is 0.533 bits per heavy atom. The summed E-state index contributed by atoms with van der Waals surface area (Å²) in [5, 5.41) is 5.50. The highest BCUT2D eigenvalue weighted by molar-refractivity contribution is 5.94. The number of hydrogen-bond donors (Lipinski definition) is 2. The van der Waals surface area contributed by atoms with Gasteiger partial charge in [-0.05, 0) is 27.7 Å². The fraction of sp³-hybridized carbons (Fsp3) is 0.576. The summed E-state index contributed by atoms with van der Waals surface area (Å²) in [7, 11) is 0. The first-order valence-corrected chi connectivity index (χ1v) is 15.3. The minimum Gasteiger partial charge on any atom is -0.354 e. The second-order valence-electron chi connectivity index (χ2n) is 11.4. The highest BCUT2D eigenvalue weighted by Crippen LogP contribution is 2.06. The molecule has 0 spiro atoms.